The lowest BCUT2D eigenvalue weighted by atomic mass is 10.1. The molecule has 11 heavy (non-hydrogen) atoms. The summed E-state index contributed by atoms with van der Waals surface area (Å²) in [4.78, 5) is 10.5. The van der Waals surface area contributed by atoms with Crippen LogP contribution < -0.4 is 5.73 Å². The first-order valence-electron chi connectivity index (χ1n) is 3.53. The van der Waals surface area contributed by atoms with Crippen molar-refractivity contribution in [3.63, 3.8) is 0 Å². The van der Waals surface area contributed by atoms with E-state index in [2.05, 4.69) is 0 Å². The molecule has 0 aliphatic rings. The highest BCUT2D eigenvalue weighted by Gasteiger charge is 2.04. The van der Waals surface area contributed by atoms with E-state index in [9.17, 15) is 4.79 Å². The molecule has 0 rings (SSSR count). The summed E-state index contributed by atoms with van der Waals surface area (Å²) in [5.74, 6) is -0.412. The van der Waals surface area contributed by atoms with Crippen molar-refractivity contribution in [3.05, 3.63) is 11.6 Å². The SMILES string of the molecule is CCC(C)/C=C(\C#N)C(N)=O. The second-order valence-corrected chi connectivity index (χ2v) is 2.44. The van der Waals surface area contributed by atoms with Crippen LogP contribution in [0.15, 0.2) is 11.6 Å². The van der Waals surface area contributed by atoms with E-state index in [1.165, 1.54) is 0 Å². The fourth-order valence-electron chi connectivity index (χ4n) is 0.577. The third-order valence-corrected chi connectivity index (χ3v) is 1.48. The standard InChI is InChI=1S/C8H12N2O/c1-3-6(2)4-7(5-9)8(10)11/h4,6H,3H2,1-2H3,(H2,10,11)/b7-4+. The minimum atomic E-state index is -0.646. The van der Waals surface area contributed by atoms with Crippen molar-refractivity contribution in [1.29, 1.82) is 5.26 Å². The molecular weight excluding hydrogens is 140 g/mol. The Morgan fingerprint density at radius 3 is 2.64 bits per heavy atom. The number of rotatable bonds is 3. The third kappa shape index (κ3) is 3.41. The smallest absolute Gasteiger partial charge is 0.259 e. The van der Waals surface area contributed by atoms with Crippen LogP contribution >= 0.6 is 0 Å². The average Bonchev–Trinajstić information content (AvgIpc) is 1.99. The van der Waals surface area contributed by atoms with Gasteiger partial charge >= 0.3 is 0 Å². The predicted molar refractivity (Wildman–Crippen MR) is 42.3 cm³/mol. The van der Waals surface area contributed by atoms with Gasteiger partial charge in [-0.25, -0.2) is 0 Å². The van der Waals surface area contributed by atoms with E-state index < -0.39 is 5.91 Å². The van der Waals surface area contributed by atoms with Crippen molar-refractivity contribution in [2.75, 3.05) is 0 Å². The van der Waals surface area contributed by atoms with Gasteiger partial charge in [0.05, 0.1) is 0 Å². The Morgan fingerprint density at radius 2 is 2.36 bits per heavy atom. The molecule has 0 saturated heterocycles. The highest BCUT2D eigenvalue weighted by Crippen LogP contribution is 2.05. The van der Waals surface area contributed by atoms with Crippen LogP contribution in [0.1, 0.15) is 20.3 Å². The van der Waals surface area contributed by atoms with Crippen LogP contribution in [0.4, 0.5) is 0 Å². The number of hydrogen-bond donors (Lipinski definition) is 1. The third-order valence-electron chi connectivity index (χ3n) is 1.48. The van der Waals surface area contributed by atoms with Crippen LogP contribution in [0.3, 0.4) is 0 Å². The van der Waals surface area contributed by atoms with E-state index in [0.29, 0.717) is 0 Å². The molecule has 1 amide bonds. The maximum Gasteiger partial charge on any atom is 0.259 e. The normalized spacial score (nSPS) is 13.7. The van der Waals surface area contributed by atoms with Crippen LogP contribution in [0.25, 0.3) is 0 Å². The zero-order valence-electron chi connectivity index (χ0n) is 6.79. The first kappa shape index (κ1) is 9.70. The zero-order valence-corrected chi connectivity index (χ0v) is 6.79. The second kappa shape index (κ2) is 4.51. The van der Waals surface area contributed by atoms with Crippen LogP contribution in [0.5, 0.6) is 0 Å². The zero-order chi connectivity index (χ0) is 8.85. The molecule has 60 valence electrons. The first-order valence-corrected chi connectivity index (χ1v) is 3.53. The summed E-state index contributed by atoms with van der Waals surface area (Å²) in [6, 6.07) is 1.75. The average molecular weight is 152 g/mol. The van der Waals surface area contributed by atoms with Gasteiger partial charge in [-0.1, -0.05) is 26.3 Å². The topological polar surface area (TPSA) is 66.9 Å². The van der Waals surface area contributed by atoms with Gasteiger partial charge in [-0.15, -0.1) is 0 Å². The van der Waals surface area contributed by atoms with E-state index in [4.69, 9.17) is 11.0 Å². The Kier molecular flexibility index (Phi) is 3.97. The molecule has 2 N–H and O–H groups in total. The Morgan fingerprint density at radius 1 is 1.82 bits per heavy atom. The van der Waals surface area contributed by atoms with Crippen molar-refractivity contribution in [1.82, 2.24) is 0 Å². The number of primary amides is 1. The number of carbonyl (C=O) groups is 1. The largest absolute Gasteiger partial charge is 0.365 e. The Balaban J connectivity index is 4.39. The minimum absolute atomic E-state index is 0.0550. The first-order chi connectivity index (χ1) is 5.11. The number of nitriles is 1. The lowest BCUT2D eigenvalue weighted by molar-refractivity contribution is -0.114. The van der Waals surface area contributed by atoms with Gasteiger partial charge in [-0.05, 0) is 5.92 Å². The fraction of sp³-hybridized carbons (Fsp3) is 0.500. The van der Waals surface area contributed by atoms with Crippen LogP contribution in [-0.2, 0) is 4.79 Å². The number of nitrogens with zero attached hydrogens (tertiary/aromatic N) is 1. The van der Waals surface area contributed by atoms with E-state index in [0.717, 1.165) is 6.42 Å². The highest BCUT2D eigenvalue weighted by molar-refractivity contribution is 5.95. The number of amides is 1. The molecule has 0 fully saturated rings. The lowest BCUT2D eigenvalue weighted by Crippen LogP contribution is -2.13. The molecular formula is C8H12N2O. The summed E-state index contributed by atoms with van der Waals surface area (Å²) in [7, 11) is 0. The summed E-state index contributed by atoms with van der Waals surface area (Å²) in [5, 5.41) is 8.42. The van der Waals surface area contributed by atoms with Gasteiger partial charge in [0.2, 0.25) is 0 Å². The Bertz CT molecular complexity index is 213. The molecule has 0 aliphatic heterocycles. The molecule has 0 heterocycles. The predicted octanol–water partition coefficient (Wildman–Crippen LogP) is 0.968. The maximum absolute atomic E-state index is 10.5. The lowest BCUT2D eigenvalue weighted by Gasteiger charge is -1.99. The van der Waals surface area contributed by atoms with Crippen molar-refractivity contribution < 1.29 is 4.79 Å². The molecule has 3 nitrogen and oxygen atoms in total. The molecule has 0 aliphatic carbocycles. The Hall–Kier alpha value is -1.30. The quantitative estimate of drug-likeness (QED) is 0.483. The van der Waals surface area contributed by atoms with Crippen molar-refractivity contribution in [2.24, 2.45) is 11.7 Å². The van der Waals surface area contributed by atoms with E-state index in [1.54, 1.807) is 12.1 Å². The number of carbonyl (C=O) groups excluding carboxylic acids is 1. The molecule has 0 radical (unpaired) electrons. The monoisotopic (exact) mass is 152 g/mol. The molecule has 1 atom stereocenters. The second-order valence-electron chi connectivity index (χ2n) is 2.44. The number of nitrogens with two attached hydrogens (primary N) is 1. The van der Waals surface area contributed by atoms with Gasteiger partial charge in [0.15, 0.2) is 0 Å². The van der Waals surface area contributed by atoms with Gasteiger partial charge in [0.25, 0.3) is 5.91 Å². The molecule has 1 unspecified atom stereocenters. The van der Waals surface area contributed by atoms with Crippen LogP contribution in [-0.4, -0.2) is 5.91 Å². The molecule has 0 bridgehead atoms. The fourth-order valence-corrected chi connectivity index (χ4v) is 0.577. The van der Waals surface area contributed by atoms with E-state index >= 15 is 0 Å². The summed E-state index contributed by atoms with van der Waals surface area (Å²) < 4.78 is 0. The van der Waals surface area contributed by atoms with E-state index in [1.807, 2.05) is 13.8 Å². The summed E-state index contributed by atoms with van der Waals surface area (Å²) in [6.45, 7) is 3.91. The summed E-state index contributed by atoms with van der Waals surface area (Å²) >= 11 is 0. The molecule has 0 aromatic carbocycles. The molecule has 0 aromatic heterocycles. The Labute approximate surface area is 66.5 Å². The molecule has 0 saturated carbocycles. The van der Waals surface area contributed by atoms with Crippen molar-refractivity contribution in [2.45, 2.75) is 20.3 Å². The van der Waals surface area contributed by atoms with Gasteiger partial charge < -0.3 is 5.73 Å². The van der Waals surface area contributed by atoms with Crippen molar-refractivity contribution in [3.8, 4) is 6.07 Å². The minimum Gasteiger partial charge on any atom is -0.365 e. The van der Waals surface area contributed by atoms with Gasteiger partial charge in [-0.3, -0.25) is 4.79 Å². The highest BCUT2D eigenvalue weighted by atomic mass is 16.1. The number of allylic oxidation sites excluding steroid dienone is 1. The van der Waals surface area contributed by atoms with Crippen LogP contribution in [0.2, 0.25) is 0 Å². The van der Waals surface area contributed by atoms with E-state index in [-0.39, 0.29) is 11.5 Å². The van der Waals surface area contributed by atoms with Gasteiger partial charge in [0.1, 0.15) is 11.6 Å². The van der Waals surface area contributed by atoms with Gasteiger partial charge in [-0.2, -0.15) is 5.26 Å². The van der Waals surface area contributed by atoms with Crippen LogP contribution in [0, 0.1) is 17.2 Å². The maximum atomic E-state index is 10.5. The van der Waals surface area contributed by atoms with Crippen molar-refractivity contribution >= 4 is 5.91 Å². The summed E-state index contributed by atoms with van der Waals surface area (Å²) in [6.07, 6.45) is 2.50. The summed E-state index contributed by atoms with van der Waals surface area (Å²) in [5.41, 5.74) is 4.98. The molecule has 0 aromatic rings. The molecule has 0 spiro atoms. The van der Waals surface area contributed by atoms with Gasteiger partial charge in [0, 0.05) is 0 Å². The number of hydrogen-bond acceptors (Lipinski definition) is 2. The molecule has 3 heteroatoms.